The van der Waals surface area contributed by atoms with E-state index < -0.39 is 0 Å². The summed E-state index contributed by atoms with van der Waals surface area (Å²) < 4.78 is 2.03. The SMILES string of the molecule is CC1CCCN(C(=O)c2cc3c(ccn3C)[nH]2)C1. The number of fused-ring (bicyclic) bond motifs is 1. The highest BCUT2D eigenvalue weighted by molar-refractivity contribution is 5.97. The average molecular weight is 245 g/mol. The molecule has 3 rings (SSSR count). The number of amides is 1. The molecule has 3 heterocycles. The van der Waals surface area contributed by atoms with Crippen molar-refractivity contribution in [2.24, 2.45) is 13.0 Å². The van der Waals surface area contributed by atoms with Gasteiger partial charge in [0.05, 0.1) is 11.0 Å². The summed E-state index contributed by atoms with van der Waals surface area (Å²) in [6, 6.07) is 3.96. The Bertz CT molecular complexity index is 581. The van der Waals surface area contributed by atoms with Gasteiger partial charge in [0.1, 0.15) is 5.69 Å². The lowest BCUT2D eigenvalue weighted by Gasteiger charge is -2.30. The van der Waals surface area contributed by atoms with E-state index in [0.29, 0.717) is 11.6 Å². The Morgan fingerprint density at radius 1 is 1.50 bits per heavy atom. The molecule has 1 atom stereocenters. The fraction of sp³-hybridized carbons (Fsp3) is 0.500. The molecule has 1 N–H and O–H groups in total. The van der Waals surface area contributed by atoms with Crippen molar-refractivity contribution in [3.8, 4) is 0 Å². The fourth-order valence-electron chi connectivity index (χ4n) is 2.80. The van der Waals surface area contributed by atoms with Gasteiger partial charge in [-0.15, -0.1) is 0 Å². The molecular formula is C14H19N3O. The highest BCUT2D eigenvalue weighted by Crippen LogP contribution is 2.20. The minimum Gasteiger partial charge on any atom is -0.349 e. The van der Waals surface area contributed by atoms with Crippen LogP contribution in [-0.2, 0) is 7.05 Å². The number of aryl methyl sites for hydroxylation is 1. The van der Waals surface area contributed by atoms with Crippen LogP contribution in [0.4, 0.5) is 0 Å². The molecule has 1 unspecified atom stereocenters. The first-order valence-corrected chi connectivity index (χ1v) is 6.58. The van der Waals surface area contributed by atoms with E-state index in [2.05, 4.69) is 11.9 Å². The van der Waals surface area contributed by atoms with E-state index in [1.807, 2.05) is 34.8 Å². The van der Waals surface area contributed by atoms with Crippen LogP contribution in [0.3, 0.4) is 0 Å². The van der Waals surface area contributed by atoms with E-state index in [4.69, 9.17) is 0 Å². The van der Waals surface area contributed by atoms with Crippen LogP contribution in [0.5, 0.6) is 0 Å². The molecule has 2 aromatic rings. The van der Waals surface area contributed by atoms with Crippen molar-refractivity contribution in [1.82, 2.24) is 14.5 Å². The number of likely N-dealkylation sites (tertiary alicyclic amines) is 1. The minimum atomic E-state index is 0.137. The molecule has 0 saturated carbocycles. The van der Waals surface area contributed by atoms with Crippen LogP contribution in [0, 0.1) is 5.92 Å². The third kappa shape index (κ3) is 1.82. The standard InChI is InChI=1S/C14H19N3O/c1-10-4-3-6-17(9-10)14(18)12-8-13-11(15-12)5-7-16(13)2/h5,7-8,10,15H,3-4,6,9H2,1-2H3. The largest absolute Gasteiger partial charge is 0.349 e. The molecule has 4 heteroatoms. The number of carbonyl (C=O) groups is 1. The second-order valence-electron chi connectivity index (χ2n) is 5.41. The Hall–Kier alpha value is -1.71. The Kier molecular flexibility index (Phi) is 2.65. The second-order valence-corrected chi connectivity index (χ2v) is 5.41. The van der Waals surface area contributed by atoms with Gasteiger partial charge < -0.3 is 14.5 Å². The highest BCUT2D eigenvalue weighted by atomic mass is 16.2. The molecular weight excluding hydrogens is 226 g/mol. The average Bonchev–Trinajstić information content (AvgIpc) is 2.91. The summed E-state index contributed by atoms with van der Waals surface area (Å²) in [6.07, 6.45) is 4.35. The Morgan fingerprint density at radius 2 is 2.33 bits per heavy atom. The van der Waals surface area contributed by atoms with Crippen molar-refractivity contribution in [3.63, 3.8) is 0 Å². The Balaban J connectivity index is 1.86. The van der Waals surface area contributed by atoms with Gasteiger partial charge in [0.15, 0.2) is 0 Å². The summed E-state index contributed by atoms with van der Waals surface area (Å²) in [6.45, 7) is 3.98. The summed E-state index contributed by atoms with van der Waals surface area (Å²) >= 11 is 0. The fourth-order valence-corrected chi connectivity index (χ4v) is 2.80. The molecule has 2 aromatic heterocycles. The lowest BCUT2D eigenvalue weighted by molar-refractivity contribution is 0.0678. The minimum absolute atomic E-state index is 0.137. The summed E-state index contributed by atoms with van der Waals surface area (Å²) in [5, 5.41) is 0. The van der Waals surface area contributed by atoms with Crippen LogP contribution in [0.1, 0.15) is 30.3 Å². The van der Waals surface area contributed by atoms with E-state index in [0.717, 1.165) is 30.5 Å². The zero-order chi connectivity index (χ0) is 12.7. The summed E-state index contributed by atoms with van der Waals surface area (Å²) in [7, 11) is 1.99. The number of hydrogen-bond acceptors (Lipinski definition) is 1. The lowest BCUT2D eigenvalue weighted by Crippen LogP contribution is -2.39. The number of rotatable bonds is 1. The normalized spacial score (nSPS) is 20.6. The van der Waals surface area contributed by atoms with Gasteiger partial charge in [0.2, 0.25) is 0 Å². The summed E-state index contributed by atoms with van der Waals surface area (Å²) in [5.41, 5.74) is 2.83. The van der Waals surface area contributed by atoms with Crippen LogP contribution in [-0.4, -0.2) is 33.4 Å². The zero-order valence-corrected chi connectivity index (χ0v) is 10.9. The Labute approximate surface area is 107 Å². The van der Waals surface area contributed by atoms with Gasteiger partial charge in [0, 0.05) is 26.3 Å². The van der Waals surface area contributed by atoms with Gasteiger partial charge >= 0.3 is 0 Å². The third-order valence-corrected chi connectivity index (χ3v) is 3.85. The van der Waals surface area contributed by atoms with Gasteiger partial charge in [-0.1, -0.05) is 6.92 Å². The predicted molar refractivity (Wildman–Crippen MR) is 71.6 cm³/mol. The third-order valence-electron chi connectivity index (χ3n) is 3.85. The number of aromatic nitrogens is 2. The van der Waals surface area contributed by atoms with Crippen molar-refractivity contribution in [2.45, 2.75) is 19.8 Å². The highest BCUT2D eigenvalue weighted by Gasteiger charge is 2.23. The molecule has 0 spiro atoms. The van der Waals surface area contributed by atoms with Gasteiger partial charge in [-0.05, 0) is 30.9 Å². The van der Waals surface area contributed by atoms with Crippen LogP contribution in [0.15, 0.2) is 18.3 Å². The molecule has 1 aliphatic rings. The van der Waals surface area contributed by atoms with Crippen LogP contribution in [0.2, 0.25) is 0 Å². The summed E-state index contributed by atoms with van der Waals surface area (Å²) in [5.74, 6) is 0.754. The molecule has 18 heavy (non-hydrogen) atoms. The van der Waals surface area contributed by atoms with E-state index >= 15 is 0 Å². The molecule has 0 bridgehead atoms. The molecule has 0 aromatic carbocycles. The molecule has 4 nitrogen and oxygen atoms in total. The molecule has 1 amide bonds. The number of nitrogens with one attached hydrogen (secondary N) is 1. The number of H-pyrrole nitrogens is 1. The first kappa shape index (κ1) is 11.4. The topological polar surface area (TPSA) is 41.0 Å². The monoisotopic (exact) mass is 245 g/mol. The van der Waals surface area contributed by atoms with Crippen molar-refractivity contribution in [2.75, 3.05) is 13.1 Å². The number of aromatic amines is 1. The molecule has 0 radical (unpaired) electrons. The van der Waals surface area contributed by atoms with Gasteiger partial charge in [-0.3, -0.25) is 4.79 Å². The first-order valence-electron chi connectivity index (χ1n) is 6.58. The number of carbonyl (C=O) groups excluding carboxylic acids is 1. The quantitative estimate of drug-likeness (QED) is 0.823. The molecule has 1 aliphatic heterocycles. The smallest absolute Gasteiger partial charge is 0.270 e. The molecule has 1 fully saturated rings. The zero-order valence-electron chi connectivity index (χ0n) is 10.9. The van der Waals surface area contributed by atoms with Crippen molar-refractivity contribution >= 4 is 16.9 Å². The summed E-state index contributed by atoms with van der Waals surface area (Å²) in [4.78, 5) is 17.6. The second kappa shape index (κ2) is 4.19. The predicted octanol–water partition coefficient (Wildman–Crippen LogP) is 2.38. The maximum Gasteiger partial charge on any atom is 0.270 e. The number of nitrogens with zero attached hydrogens (tertiary/aromatic N) is 2. The van der Waals surface area contributed by atoms with Crippen molar-refractivity contribution in [3.05, 3.63) is 24.0 Å². The van der Waals surface area contributed by atoms with E-state index in [-0.39, 0.29) is 5.91 Å². The van der Waals surface area contributed by atoms with E-state index in [1.165, 1.54) is 6.42 Å². The maximum absolute atomic E-state index is 12.4. The number of piperidine rings is 1. The van der Waals surface area contributed by atoms with E-state index in [1.54, 1.807) is 0 Å². The van der Waals surface area contributed by atoms with Crippen LogP contribution in [0.25, 0.3) is 11.0 Å². The Morgan fingerprint density at radius 3 is 3.06 bits per heavy atom. The number of hydrogen-bond donors (Lipinski definition) is 1. The van der Waals surface area contributed by atoms with Gasteiger partial charge in [0.25, 0.3) is 5.91 Å². The van der Waals surface area contributed by atoms with Crippen LogP contribution < -0.4 is 0 Å². The molecule has 96 valence electrons. The van der Waals surface area contributed by atoms with Crippen LogP contribution >= 0.6 is 0 Å². The molecule has 0 aliphatic carbocycles. The lowest BCUT2D eigenvalue weighted by atomic mass is 10.0. The maximum atomic E-state index is 12.4. The van der Waals surface area contributed by atoms with Gasteiger partial charge in [-0.25, -0.2) is 0 Å². The molecule has 1 saturated heterocycles. The van der Waals surface area contributed by atoms with E-state index in [9.17, 15) is 4.79 Å². The van der Waals surface area contributed by atoms with Gasteiger partial charge in [-0.2, -0.15) is 0 Å². The first-order chi connectivity index (χ1) is 8.65. The van der Waals surface area contributed by atoms with Crippen molar-refractivity contribution < 1.29 is 4.79 Å². The van der Waals surface area contributed by atoms with Crippen molar-refractivity contribution in [1.29, 1.82) is 0 Å².